The van der Waals surface area contributed by atoms with Crippen LogP contribution in [0.3, 0.4) is 0 Å². The summed E-state index contributed by atoms with van der Waals surface area (Å²) >= 11 is 0. The molecular weight excluding hydrogens is 308 g/mol. The van der Waals surface area contributed by atoms with Crippen molar-refractivity contribution in [3.63, 3.8) is 0 Å². The van der Waals surface area contributed by atoms with Crippen LogP contribution < -0.4 is 4.74 Å². The van der Waals surface area contributed by atoms with E-state index in [0.717, 1.165) is 27.6 Å². The highest BCUT2D eigenvalue weighted by molar-refractivity contribution is 5.84. The van der Waals surface area contributed by atoms with E-state index in [0.29, 0.717) is 6.61 Å². The number of hydrogen-bond acceptors (Lipinski definition) is 2. The van der Waals surface area contributed by atoms with Gasteiger partial charge in [-0.1, -0.05) is 75.7 Å². The van der Waals surface area contributed by atoms with Gasteiger partial charge in [0.1, 0.15) is 12.4 Å². The molecule has 0 unspecified atom stereocenters. The Kier molecular flexibility index (Phi) is 9.34. The summed E-state index contributed by atoms with van der Waals surface area (Å²) in [5.41, 5.74) is 3.34. The topological polar surface area (TPSA) is 29.5 Å². The molecule has 2 nitrogen and oxygen atoms in total. The highest BCUT2D eigenvalue weighted by atomic mass is 16.5. The number of fused-ring (bicyclic) bond motifs is 1. The molecule has 3 rings (SSSR count). The zero-order chi connectivity index (χ0) is 18.7. The van der Waals surface area contributed by atoms with Crippen molar-refractivity contribution in [1.29, 1.82) is 0 Å². The first kappa shape index (κ1) is 20.7. The third-order valence-electron chi connectivity index (χ3n) is 3.58. The molecule has 0 saturated carbocycles. The van der Waals surface area contributed by atoms with E-state index in [9.17, 15) is 0 Å². The van der Waals surface area contributed by atoms with Crippen LogP contribution in [0.5, 0.6) is 5.75 Å². The van der Waals surface area contributed by atoms with Crippen molar-refractivity contribution >= 4 is 10.8 Å². The molecule has 3 aromatic carbocycles. The van der Waals surface area contributed by atoms with Crippen molar-refractivity contribution in [2.45, 2.75) is 47.8 Å². The summed E-state index contributed by atoms with van der Waals surface area (Å²) in [4.78, 5) is 0. The van der Waals surface area contributed by atoms with Gasteiger partial charge in [-0.3, -0.25) is 0 Å². The van der Waals surface area contributed by atoms with Crippen molar-refractivity contribution < 1.29 is 9.84 Å². The van der Waals surface area contributed by atoms with Crippen molar-refractivity contribution in [3.8, 4) is 5.75 Å². The molecule has 0 atom stereocenters. The second kappa shape index (κ2) is 11.3. The van der Waals surface area contributed by atoms with Crippen molar-refractivity contribution in [3.05, 3.63) is 77.4 Å². The lowest BCUT2D eigenvalue weighted by Gasteiger charge is -2.08. The molecule has 0 radical (unpaired) electrons. The Morgan fingerprint density at radius 2 is 1.28 bits per heavy atom. The summed E-state index contributed by atoms with van der Waals surface area (Å²) in [6, 6.07) is 20.3. The van der Waals surface area contributed by atoms with Crippen LogP contribution in [-0.4, -0.2) is 5.11 Å². The summed E-state index contributed by atoms with van der Waals surface area (Å²) in [7, 11) is 0. The number of hydrogen-bond donors (Lipinski definition) is 1. The first-order chi connectivity index (χ1) is 12.2. The van der Waals surface area contributed by atoms with E-state index in [2.05, 4.69) is 31.2 Å². The molecule has 25 heavy (non-hydrogen) atoms. The molecular formula is C23H30O2. The van der Waals surface area contributed by atoms with E-state index in [1.807, 2.05) is 64.1 Å². The highest BCUT2D eigenvalue weighted by Gasteiger charge is 2.00. The Morgan fingerprint density at radius 1 is 0.720 bits per heavy atom. The Morgan fingerprint density at radius 3 is 1.92 bits per heavy atom. The smallest absolute Gasteiger partial charge is 0.120 e. The van der Waals surface area contributed by atoms with Crippen molar-refractivity contribution in [2.24, 2.45) is 0 Å². The SMILES string of the molecule is CC.CC.Cc1ccc(COc2ccc3cc(CO)ccc3c2)cc1. The zero-order valence-electron chi connectivity index (χ0n) is 16.0. The van der Waals surface area contributed by atoms with Crippen molar-refractivity contribution in [2.75, 3.05) is 0 Å². The van der Waals surface area contributed by atoms with E-state index in [4.69, 9.17) is 9.84 Å². The van der Waals surface area contributed by atoms with Crippen LogP contribution in [0, 0.1) is 6.92 Å². The number of benzene rings is 3. The van der Waals surface area contributed by atoms with E-state index in [1.165, 1.54) is 5.56 Å². The maximum absolute atomic E-state index is 9.16. The van der Waals surface area contributed by atoms with E-state index < -0.39 is 0 Å². The molecule has 0 aromatic heterocycles. The number of ether oxygens (including phenoxy) is 1. The molecule has 0 bridgehead atoms. The molecule has 0 heterocycles. The van der Waals surface area contributed by atoms with Gasteiger partial charge in [-0.05, 0) is 47.0 Å². The van der Waals surface area contributed by atoms with Gasteiger partial charge in [-0.2, -0.15) is 0 Å². The molecule has 0 fully saturated rings. The summed E-state index contributed by atoms with van der Waals surface area (Å²) < 4.78 is 5.85. The molecule has 2 heteroatoms. The van der Waals surface area contributed by atoms with Gasteiger partial charge in [-0.15, -0.1) is 0 Å². The molecule has 0 aliphatic rings. The van der Waals surface area contributed by atoms with E-state index in [-0.39, 0.29) is 6.61 Å². The van der Waals surface area contributed by atoms with Crippen LogP contribution >= 0.6 is 0 Å². The fourth-order valence-electron chi connectivity index (χ4n) is 2.31. The van der Waals surface area contributed by atoms with Gasteiger partial charge >= 0.3 is 0 Å². The monoisotopic (exact) mass is 338 g/mol. The second-order valence-corrected chi connectivity index (χ2v) is 5.28. The zero-order valence-corrected chi connectivity index (χ0v) is 16.0. The van der Waals surface area contributed by atoms with Gasteiger partial charge in [0.2, 0.25) is 0 Å². The minimum absolute atomic E-state index is 0.0710. The minimum Gasteiger partial charge on any atom is -0.489 e. The van der Waals surface area contributed by atoms with Gasteiger partial charge in [0, 0.05) is 0 Å². The maximum Gasteiger partial charge on any atom is 0.120 e. The van der Waals surface area contributed by atoms with Crippen molar-refractivity contribution in [1.82, 2.24) is 0 Å². The van der Waals surface area contributed by atoms with Crippen LogP contribution in [0.2, 0.25) is 0 Å². The quantitative estimate of drug-likeness (QED) is 0.607. The molecule has 0 aliphatic heterocycles. The van der Waals surface area contributed by atoms with Crippen LogP contribution in [0.25, 0.3) is 10.8 Å². The standard InChI is InChI=1S/C19H18O2.2C2H6/c1-14-2-4-15(5-3-14)13-21-19-9-8-17-10-16(12-20)6-7-18(17)11-19;2*1-2/h2-11,20H,12-13H2,1H3;2*1-2H3. The third-order valence-corrected chi connectivity index (χ3v) is 3.58. The highest BCUT2D eigenvalue weighted by Crippen LogP contribution is 2.23. The number of aliphatic hydroxyl groups is 1. The summed E-state index contributed by atoms with van der Waals surface area (Å²) in [6.07, 6.45) is 0. The lowest BCUT2D eigenvalue weighted by atomic mass is 10.1. The lowest BCUT2D eigenvalue weighted by molar-refractivity contribution is 0.282. The van der Waals surface area contributed by atoms with Gasteiger partial charge in [-0.25, -0.2) is 0 Å². The molecule has 0 saturated heterocycles. The molecule has 134 valence electrons. The largest absolute Gasteiger partial charge is 0.489 e. The lowest BCUT2D eigenvalue weighted by Crippen LogP contribution is -1.95. The van der Waals surface area contributed by atoms with Crippen LogP contribution in [-0.2, 0) is 13.2 Å². The Balaban J connectivity index is 0.000000730. The first-order valence-corrected chi connectivity index (χ1v) is 9.06. The molecule has 1 N–H and O–H groups in total. The number of aliphatic hydroxyl groups excluding tert-OH is 1. The second-order valence-electron chi connectivity index (χ2n) is 5.28. The van der Waals surface area contributed by atoms with E-state index >= 15 is 0 Å². The summed E-state index contributed by atoms with van der Waals surface area (Å²) in [6.45, 7) is 10.7. The maximum atomic E-state index is 9.16. The number of aryl methyl sites for hydroxylation is 1. The number of rotatable bonds is 4. The summed E-state index contributed by atoms with van der Waals surface area (Å²) in [5.74, 6) is 0.861. The minimum atomic E-state index is 0.0710. The van der Waals surface area contributed by atoms with Crippen LogP contribution in [0.15, 0.2) is 60.7 Å². The van der Waals surface area contributed by atoms with Gasteiger partial charge in [0.05, 0.1) is 6.61 Å². The van der Waals surface area contributed by atoms with Crippen LogP contribution in [0.1, 0.15) is 44.4 Å². The Hall–Kier alpha value is -2.32. The first-order valence-electron chi connectivity index (χ1n) is 9.06. The average Bonchev–Trinajstić information content (AvgIpc) is 2.70. The molecule has 0 aliphatic carbocycles. The van der Waals surface area contributed by atoms with Gasteiger partial charge < -0.3 is 9.84 Å². The van der Waals surface area contributed by atoms with Gasteiger partial charge in [0.25, 0.3) is 0 Å². The average molecular weight is 338 g/mol. The fourth-order valence-corrected chi connectivity index (χ4v) is 2.31. The normalized spacial score (nSPS) is 9.52. The molecule has 3 aromatic rings. The predicted octanol–water partition coefficient (Wildman–Crippen LogP) is 6.27. The predicted molar refractivity (Wildman–Crippen MR) is 108 cm³/mol. The summed E-state index contributed by atoms with van der Waals surface area (Å²) in [5, 5.41) is 11.4. The Bertz CT molecular complexity index is 746. The van der Waals surface area contributed by atoms with E-state index in [1.54, 1.807) is 0 Å². The molecule has 0 spiro atoms. The van der Waals surface area contributed by atoms with Gasteiger partial charge in [0.15, 0.2) is 0 Å². The van der Waals surface area contributed by atoms with Crippen LogP contribution in [0.4, 0.5) is 0 Å². The third kappa shape index (κ3) is 6.24. The molecule has 0 amide bonds. The fraction of sp³-hybridized carbons (Fsp3) is 0.304. The Labute approximate surface area is 152 Å².